The van der Waals surface area contributed by atoms with E-state index in [1.807, 2.05) is 45.9 Å². The van der Waals surface area contributed by atoms with Crippen molar-refractivity contribution in [2.45, 2.75) is 40.7 Å². The van der Waals surface area contributed by atoms with Gasteiger partial charge in [-0.25, -0.2) is 14.6 Å². The molecule has 1 aromatic carbocycles. The van der Waals surface area contributed by atoms with Gasteiger partial charge in [-0.05, 0) is 51.5 Å². The summed E-state index contributed by atoms with van der Waals surface area (Å²) < 4.78 is 1.68. The van der Waals surface area contributed by atoms with Gasteiger partial charge < -0.3 is 15.5 Å². The van der Waals surface area contributed by atoms with Crippen LogP contribution >= 0.6 is 0 Å². The summed E-state index contributed by atoms with van der Waals surface area (Å²) >= 11 is 0. The average molecular weight is 476 g/mol. The fourth-order valence-electron chi connectivity index (χ4n) is 4.11. The minimum absolute atomic E-state index is 0.0711. The summed E-state index contributed by atoms with van der Waals surface area (Å²) in [6.45, 7) is 8.96. The zero-order chi connectivity index (χ0) is 25.1. The molecule has 35 heavy (non-hydrogen) atoms. The summed E-state index contributed by atoms with van der Waals surface area (Å²) in [6.07, 6.45) is 0.191. The second kappa shape index (κ2) is 10.0. The number of amides is 3. The molecule has 0 spiro atoms. The van der Waals surface area contributed by atoms with Crippen LogP contribution in [0.15, 0.2) is 30.3 Å². The maximum absolute atomic E-state index is 12.7. The lowest BCUT2D eigenvalue weighted by molar-refractivity contribution is -0.123. The second-order valence-electron chi connectivity index (χ2n) is 8.74. The third-order valence-electron chi connectivity index (χ3n) is 5.95. The normalized spacial score (nSPS) is 13.5. The molecule has 2 aromatic heterocycles. The number of benzene rings is 1. The third-order valence-corrected chi connectivity index (χ3v) is 5.95. The number of aryl methyl sites for hydroxylation is 3. The van der Waals surface area contributed by atoms with Gasteiger partial charge >= 0.3 is 0 Å². The van der Waals surface area contributed by atoms with Gasteiger partial charge in [-0.3, -0.25) is 14.4 Å². The molecular weight excluding hydrogens is 446 g/mol. The number of hydrogen-bond donors (Lipinski definition) is 2. The van der Waals surface area contributed by atoms with E-state index in [1.54, 1.807) is 16.8 Å². The summed E-state index contributed by atoms with van der Waals surface area (Å²) in [5.74, 6) is 0.0406. The third kappa shape index (κ3) is 5.53. The van der Waals surface area contributed by atoms with Crippen LogP contribution in [0.1, 0.15) is 44.3 Å². The number of aromatic nitrogens is 4. The van der Waals surface area contributed by atoms with Crippen molar-refractivity contribution in [2.24, 2.45) is 0 Å². The molecule has 0 atom stereocenters. The Kier molecular flexibility index (Phi) is 6.90. The van der Waals surface area contributed by atoms with Gasteiger partial charge in [0.2, 0.25) is 11.8 Å². The van der Waals surface area contributed by atoms with Crippen molar-refractivity contribution < 1.29 is 14.4 Å². The monoisotopic (exact) mass is 475 g/mol. The van der Waals surface area contributed by atoms with Crippen molar-refractivity contribution in [2.75, 3.05) is 19.6 Å². The second-order valence-corrected chi connectivity index (χ2v) is 8.74. The molecule has 4 rings (SSSR count). The van der Waals surface area contributed by atoms with E-state index < -0.39 is 0 Å². The molecule has 0 unspecified atom stereocenters. The molecule has 0 saturated carbocycles. The molecule has 0 aliphatic carbocycles. The van der Waals surface area contributed by atoms with E-state index in [9.17, 15) is 14.4 Å². The first kappa shape index (κ1) is 24.1. The van der Waals surface area contributed by atoms with Crippen molar-refractivity contribution in [1.82, 2.24) is 35.3 Å². The van der Waals surface area contributed by atoms with Crippen molar-refractivity contribution >= 4 is 17.7 Å². The Bertz CT molecular complexity index is 1260. The predicted molar refractivity (Wildman–Crippen MR) is 129 cm³/mol. The molecule has 0 bridgehead atoms. The SMILES string of the molecule is Cc1cc(C)nc(-n2nc(C)c(CC(=O)NCc3ccc(C(=O)N4CCNC(=O)C4)cc3)c2C)n1. The number of carbonyl (C=O) groups excluding carboxylic acids is 3. The Morgan fingerprint density at radius 2 is 1.74 bits per heavy atom. The van der Waals surface area contributed by atoms with Crippen LogP contribution in [0.4, 0.5) is 0 Å². The maximum atomic E-state index is 12.7. The van der Waals surface area contributed by atoms with Crippen LogP contribution in [-0.4, -0.2) is 62.0 Å². The molecule has 1 aliphatic rings. The van der Waals surface area contributed by atoms with Crippen LogP contribution < -0.4 is 10.6 Å². The Balaban J connectivity index is 1.37. The number of piperazine rings is 1. The van der Waals surface area contributed by atoms with Crippen molar-refractivity contribution in [3.05, 3.63) is 69.8 Å². The van der Waals surface area contributed by atoms with Gasteiger partial charge in [-0.1, -0.05) is 12.1 Å². The predicted octanol–water partition coefficient (Wildman–Crippen LogP) is 1.33. The van der Waals surface area contributed by atoms with Crippen molar-refractivity contribution in [1.29, 1.82) is 0 Å². The van der Waals surface area contributed by atoms with Crippen LogP contribution in [0, 0.1) is 27.7 Å². The van der Waals surface area contributed by atoms with Gasteiger partial charge in [-0.2, -0.15) is 5.10 Å². The fourth-order valence-corrected chi connectivity index (χ4v) is 4.11. The first-order valence-electron chi connectivity index (χ1n) is 11.5. The summed E-state index contributed by atoms with van der Waals surface area (Å²) in [6, 6.07) is 8.96. The largest absolute Gasteiger partial charge is 0.353 e. The van der Waals surface area contributed by atoms with Gasteiger partial charge in [0, 0.05) is 47.8 Å². The van der Waals surface area contributed by atoms with E-state index in [1.165, 1.54) is 4.90 Å². The van der Waals surface area contributed by atoms with Crippen LogP contribution in [0.25, 0.3) is 5.95 Å². The molecule has 3 amide bonds. The molecular formula is C25H29N7O3. The summed E-state index contributed by atoms with van der Waals surface area (Å²) in [7, 11) is 0. The van der Waals surface area contributed by atoms with Crippen molar-refractivity contribution in [3.8, 4) is 5.95 Å². The highest BCUT2D eigenvalue weighted by Gasteiger charge is 2.22. The summed E-state index contributed by atoms with van der Waals surface area (Å²) in [5, 5.41) is 10.2. The van der Waals surface area contributed by atoms with Crippen LogP contribution in [0.5, 0.6) is 0 Å². The highest BCUT2D eigenvalue weighted by Crippen LogP contribution is 2.17. The highest BCUT2D eigenvalue weighted by atomic mass is 16.2. The van der Waals surface area contributed by atoms with Crippen LogP contribution in [-0.2, 0) is 22.6 Å². The van der Waals surface area contributed by atoms with Gasteiger partial charge in [0.05, 0.1) is 18.7 Å². The standard InChI is InChI=1S/C25H29N7O3/c1-15-11-16(2)29-25(28-15)32-18(4)21(17(3)30-32)12-22(33)27-13-19-5-7-20(8-6-19)24(35)31-10-9-26-23(34)14-31/h5-8,11H,9-10,12-14H2,1-4H3,(H,26,34)(H,27,33). The number of rotatable bonds is 6. The molecule has 3 heterocycles. The molecule has 2 N–H and O–H groups in total. The maximum Gasteiger partial charge on any atom is 0.254 e. The molecule has 1 aliphatic heterocycles. The van der Waals surface area contributed by atoms with Gasteiger partial charge in [0.1, 0.15) is 0 Å². The lowest BCUT2D eigenvalue weighted by atomic mass is 10.1. The topological polar surface area (TPSA) is 122 Å². The quantitative estimate of drug-likeness (QED) is 0.555. The first-order chi connectivity index (χ1) is 16.7. The Labute approximate surface area is 203 Å². The highest BCUT2D eigenvalue weighted by molar-refractivity contribution is 5.97. The van der Waals surface area contributed by atoms with Crippen LogP contribution in [0.2, 0.25) is 0 Å². The van der Waals surface area contributed by atoms with Crippen LogP contribution in [0.3, 0.4) is 0 Å². The lowest BCUT2D eigenvalue weighted by Gasteiger charge is -2.26. The molecule has 3 aromatic rings. The zero-order valence-electron chi connectivity index (χ0n) is 20.4. The number of nitrogens with zero attached hydrogens (tertiary/aromatic N) is 5. The number of carbonyl (C=O) groups is 3. The Morgan fingerprint density at radius 1 is 1.06 bits per heavy atom. The molecule has 0 radical (unpaired) electrons. The molecule has 10 nitrogen and oxygen atoms in total. The lowest BCUT2D eigenvalue weighted by Crippen LogP contribution is -2.49. The van der Waals surface area contributed by atoms with E-state index in [4.69, 9.17) is 0 Å². The van der Waals surface area contributed by atoms with Crippen molar-refractivity contribution in [3.63, 3.8) is 0 Å². The average Bonchev–Trinajstić information content (AvgIpc) is 3.10. The molecule has 10 heteroatoms. The van der Waals surface area contributed by atoms with Gasteiger partial charge in [-0.15, -0.1) is 0 Å². The number of nitrogens with one attached hydrogen (secondary N) is 2. The zero-order valence-corrected chi connectivity index (χ0v) is 20.4. The van der Waals surface area contributed by atoms with Gasteiger partial charge in [0.15, 0.2) is 0 Å². The fraction of sp³-hybridized carbons (Fsp3) is 0.360. The Hall–Kier alpha value is -4.08. The molecule has 182 valence electrons. The van der Waals surface area contributed by atoms with E-state index in [-0.39, 0.29) is 30.7 Å². The van der Waals surface area contributed by atoms with E-state index in [0.717, 1.165) is 33.9 Å². The Morgan fingerprint density at radius 3 is 2.40 bits per heavy atom. The van der Waals surface area contributed by atoms with Gasteiger partial charge in [0.25, 0.3) is 11.9 Å². The van der Waals surface area contributed by atoms with E-state index >= 15 is 0 Å². The van der Waals surface area contributed by atoms with E-state index in [0.29, 0.717) is 31.1 Å². The first-order valence-corrected chi connectivity index (χ1v) is 11.5. The molecule has 1 saturated heterocycles. The summed E-state index contributed by atoms with van der Waals surface area (Å²) in [5.41, 5.74) is 5.53. The minimum atomic E-state index is -0.175. The number of hydrogen-bond acceptors (Lipinski definition) is 6. The minimum Gasteiger partial charge on any atom is -0.353 e. The molecule has 1 fully saturated rings. The summed E-state index contributed by atoms with van der Waals surface area (Å²) in [4.78, 5) is 47.3. The smallest absolute Gasteiger partial charge is 0.254 e. The van der Waals surface area contributed by atoms with E-state index in [2.05, 4.69) is 25.7 Å².